The fourth-order valence-corrected chi connectivity index (χ4v) is 2.93. The number of halogens is 1. The minimum Gasteiger partial charge on any atom is -0.381 e. The van der Waals surface area contributed by atoms with Crippen LogP contribution in [0.5, 0.6) is 0 Å². The first-order valence-electron chi connectivity index (χ1n) is 8.70. The molecule has 0 aliphatic carbocycles. The van der Waals surface area contributed by atoms with Crippen molar-refractivity contribution in [3.8, 4) is 0 Å². The number of methoxy groups -OCH3 is 1. The van der Waals surface area contributed by atoms with E-state index < -0.39 is 0 Å². The summed E-state index contributed by atoms with van der Waals surface area (Å²) in [5, 5.41) is 15.0. The predicted octanol–water partition coefficient (Wildman–Crippen LogP) is 1.60. The highest BCUT2D eigenvalue weighted by atomic mass is 127. The first-order chi connectivity index (χ1) is 12.3. The molecule has 9 heteroatoms. The summed E-state index contributed by atoms with van der Waals surface area (Å²) in [4.78, 5) is 4.64. The molecule has 8 nitrogen and oxygen atoms in total. The van der Waals surface area contributed by atoms with E-state index >= 15 is 0 Å². The standard InChI is InChI=1S/C17H26N6O2.HI/c1-3-18-16(20-13-17(24-2)7-10-25-11-8-17)19-12-15-22-21-14-6-4-5-9-23(14)15;/h4-6,9H,3,7-8,10-13H2,1-2H3,(H2,18,19,20);1H. The highest BCUT2D eigenvalue weighted by molar-refractivity contribution is 14.0. The molecule has 0 aromatic carbocycles. The largest absolute Gasteiger partial charge is 0.381 e. The number of aromatic nitrogens is 3. The van der Waals surface area contributed by atoms with Crippen LogP contribution in [0.3, 0.4) is 0 Å². The summed E-state index contributed by atoms with van der Waals surface area (Å²) in [5.41, 5.74) is 0.627. The van der Waals surface area contributed by atoms with Crippen LogP contribution in [0.25, 0.3) is 5.65 Å². The van der Waals surface area contributed by atoms with Crippen LogP contribution in [0.2, 0.25) is 0 Å². The van der Waals surface area contributed by atoms with Crippen molar-refractivity contribution < 1.29 is 9.47 Å². The Morgan fingerprint density at radius 2 is 2.12 bits per heavy atom. The molecule has 2 aromatic heterocycles. The molecule has 2 aromatic rings. The number of nitrogens with zero attached hydrogens (tertiary/aromatic N) is 4. The summed E-state index contributed by atoms with van der Waals surface area (Å²) in [5.74, 6) is 1.55. The van der Waals surface area contributed by atoms with E-state index in [4.69, 9.17) is 9.47 Å². The van der Waals surface area contributed by atoms with Gasteiger partial charge in [-0.15, -0.1) is 34.2 Å². The Bertz CT molecular complexity index is 714. The van der Waals surface area contributed by atoms with Crippen LogP contribution in [0.1, 0.15) is 25.6 Å². The first kappa shape index (κ1) is 20.8. The maximum Gasteiger partial charge on any atom is 0.191 e. The summed E-state index contributed by atoms with van der Waals surface area (Å²) in [6.07, 6.45) is 3.71. The van der Waals surface area contributed by atoms with Gasteiger partial charge in [-0.3, -0.25) is 4.40 Å². The van der Waals surface area contributed by atoms with Crippen molar-refractivity contribution in [1.29, 1.82) is 0 Å². The minimum atomic E-state index is -0.198. The summed E-state index contributed by atoms with van der Waals surface area (Å²) >= 11 is 0. The van der Waals surface area contributed by atoms with E-state index in [9.17, 15) is 0 Å². The number of nitrogens with one attached hydrogen (secondary N) is 2. The van der Waals surface area contributed by atoms with Gasteiger partial charge < -0.3 is 20.1 Å². The average molecular weight is 474 g/mol. The Kier molecular flexibility index (Phi) is 8.04. The van der Waals surface area contributed by atoms with Gasteiger partial charge in [-0.25, -0.2) is 4.99 Å². The summed E-state index contributed by atoms with van der Waals surface area (Å²) in [6.45, 7) is 5.44. The minimum absolute atomic E-state index is 0. The van der Waals surface area contributed by atoms with Crippen molar-refractivity contribution in [2.45, 2.75) is 31.9 Å². The lowest BCUT2D eigenvalue weighted by Crippen LogP contribution is -2.50. The van der Waals surface area contributed by atoms with Crippen molar-refractivity contribution in [2.24, 2.45) is 4.99 Å². The highest BCUT2D eigenvalue weighted by Crippen LogP contribution is 2.23. The summed E-state index contributed by atoms with van der Waals surface area (Å²) in [6, 6.07) is 5.83. The molecule has 0 atom stereocenters. The lowest BCUT2D eigenvalue weighted by Gasteiger charge is -2.36. The predicted molar refractivity (Wildman–Crippen MR) is 111 cm³/mol. The fourth-order valence-electron chi connectivity index (χ4n) is 2.93. The SMILES string of the molecule is CCNC(=NCc1nnc2ccccn12)NCC1(OC)CCOCC1.I. The van der Waals surface area contributed by atoms with Crippen molar-refractivity contribution in [3.05, 3.63) is 30.2 Å². The molecule has 0 unspecified atom stereocenters. The van der Waals surface area contributed by atoms with Crippen LogP contribution in [-0.2, 0) is 16.0 Å². The molecular weight excluding hydrogens is 447 g/mol. The van der Waals surface area contributed by atoms with Gasteiger partial charge in [0.15, 0.2) is 17.4 Å². The van der Waals surface area contributed by atoms with Crippen LogP contribution in [-0.4, -0.2) is 59.6 Å². The Morgan fingerprint density at radius 1 is 1.31 bits per heavy atom. The number of hydrogen-bond acceptors (Lipinski definition) is 5. The van der Waals surface area contributed by atoms with Gasteiger partial charge in [0, 0.05) is 52.5 Å². The zero-order valence-electron chi connectivity index (χ0n) is 15.3. The molecule has 1 saturated heterocycles. The topological polar surface area (TPSA) is 85.1 Å². The maximum atomic E-state index is 5.76. The van der Waals surface area contributed by atoms with E-state index in [-0.39, 0.29) is 29.6 Å². The van der Waals surface area contributed by atoms with Gasteiger partial charge in [-0.2, -0.15) is 0 Å². The first-order valence-corrected chi connectivity index (χ1v) is 8.70. The molecule has 0 spiro atoms. The van der Waals surface area contributed by atoms with Gasteiger partial charge in [0.2, 0.25) is 0 Å². The van der Waals surface area contributed by atoms with E-state index in [1.54, 1.807) is 7.11 Å². The van der Waals surface area contributed by atoms with Crippen molar-refractivity contribution >= 4 is 35.6 Å². The van der Waals surface area contributed by atoms with E-state index in [0.29, 0.717) is 13.1 Å². The van der Waals surface area contributed by atoms with Crippen LogP contribution in [0, 0.1) is 0 Å². The Labute approximate surface area is 170 Å². The average Bonchev–Trinajstić information content (AvgIpc) is 3.08. The third-order valence-corrected chi connectivity index (χ3v) is 4.52. The fraction of sp³-hybridized carbons (Fsp3) is 0.588. The Morgan fingerprint density at radius 3 is 2.85 bits per heavy atom. The number of rotatable bonds is 6. The quantitative estimate of drug-likeness (QED) is 0.376. The van der Waals surface area contributed by atoms with Gasteiger partial charge in [0.1, 0.15) is 6.54 Å². The van der Waals surface area contributed by atoms with Gasteiger partial charge in [0.05, 0.1) is 5.60 Å². The Hall–Kier alpha value is -1.46. The zero-order valence-corrected chi connectivity index (χ0v) is 17.6. The number of guanidine groups is 1. The summed E-state index contributed by atoms with van der Waals surface area (Å²) in [7, 11) is 1.76. The molecule has 0 bridgehead atoms. The molecule has 1 aliphatic rings. The van der Waals surface area contributed by atoms with Gasteiger partial charge in [-0.1, -0.05) is 6.07 Å². The van der Waals surface area contributed by atoms with Crippen LogP contribution < -0.4 is 10.6 Å². The molecular formula is C17H27IN6O2. The second-order valence-corrected chi connectivity index (χ2v) is 6.09. The number of pyridine rings is 1. The highest BCUT2D eigenvalue weighted by Gasteiger charge is 2.32. The second-order valence-electron chi connectivity index (χ2n) is 6.09. The Balaban J connectivity index is 0.00000243. The van der Waals surface area contributed by atoms with E-state index in [2.05, 4.69) is 25.8 Å². The smallest absolute Gasteiger partial charge is 0.191 e. The molecule has 3 rings (SSSR count). The number of ether oxygens (including phenoxy) is 2. The van der Waals surface area contributed by atoms with Gasteiger partial charge in [0.25, 0.3) is 0 Å². The number of fused-ring (bicyclic) bond motifs is 1. The van der Waals surface area contributed by atoms with E-state index in [1.807, 2.05) is 35.7 Å². The molecule has 2 N–H and O–H groups in total. The zero-order chi connectivity index (χ0) is 17.5. The van der Waals surface area contributed by atoms with Crippen molar-refractivity contribution in [2.75, 3.05) is 33.4 Å². The van der Waals surface area contributed by atoms with Crippen molar-refractivity contribution in [1.82, 2.24) is 25.2 Å². The van der Waals surface area contributed by atoms with E-state index in [0.717, 1.165) is 50.0 Å². The number of hydrogen-bond donors (Lipinski definition) is 2. The lowest BCUT2D eigenvalue weighted by molar-refractivity contribution is -0.0855. The van der Waals surface area contributed by atoms with Crippen LogP contribution in [0.4, 0.5) is 0 Å². The van der Waals surface area contributed by atoms with E-state index in [1.165, 1.54) is 0 Å². The van der Waals surface area contributed by atoms with Crippen molar-refractivity contribution in [3.63, 3.8) is 0 Å². The lowest BCUT2D eigenvalue weighted by atomic mass is 9.94. The molecule has 3 heterocycles. The second kappa shape index (κ2) is 10.0. The molecule has 1 aliphatic heterocycles. The molecule has 1 fully saturated rings. The van der Waals surface area contributed by atoms with Gasteiger partial charge >= 0.3 is 0 Å². The molecule has 26 heavy (non-hydrogen) atoms. The van der Waals surface area contributed by atoms with Crippen LogP contribution in [0.15, 0.2) is 29.4 Å². The third kappa shape index (κ3) is 5.04. The maximum absolute atomic E-state index is 5.76. The molecule has 0 radical (unpaired) electrons. The third-order valence-electron chi connectivity index (χ3n) is 4.52. The molecule has 0 amide bonds. The van der Waals surface area contributed by atoms with Crippen LogP contribution >= 0.6 is 24.0 Å². The monoisotopic (exact) mass is 474 g/mol. The number of aliphatic imine (C=N–C) groups is 1. The normalized spacial score (nSPS) is 16.9. The summed E-state index contributed by atoms with van der Waals surface area (Å²) < 4.78 is 13.2. The van der Waals surface area contributed by atoms with Gasteiger partial charge in [-0.05, 0) is 19.1 Å². The molecule has 144 valence electrons. The molecule has 0 saturated carbocycles.